The number of ketones is 1. The van der Waals surface area contributed by atoms with E-state index in [0.29, 0.717) is 19.4 Å². The standard InChI is InChI=1S/C17H21FN2O3/c18-12-8-13(9-12)19-17(23)16(22)14-6-7-15(21)20(14)10-11-4-2-1-3-5-11/h1-5,12-15,21H,6-10H2,(H,19,23)/t12?,13?,14-,15?/m1/s1. The topological polar surface area (TPSA) is 69.6 Å². The molecular formula is C17H21FN2O3. The largest absolute Gasteiger partial charge is 0.378 e. The van der Waals surface area contributed by atoms with Crippen LogP contribution in [0.3, 0.4) is 0 Å². The highest BCUT2D eigenvalue weighted by molar-refractivity contribution is 6.38. The Balaban J connectivity index is 1.62. The van der Waals surface area contributed by atoms with Crippen LogP contribution in [0.25, 0.3) is 0 Å². The fourth-order valence-electron chi connectivity index (χ4n) is 3.21. The molecule has 1 unspecified atom stereocenters. The van der Waals surface area contributed by atoms with E-state index in [9.17, 15) is 19.1 Å². The van der Waals surface area contributed by atoms with Crippen LogP contribution in [0.15, 0.2) is 30.3 Å². The predicted molar refractivity (Wildman–Crippen MR) is 82.1 cm³/mol. The molecule has 0 bridgehead atoms. The summed E-state index contributed by atoms with van der Waals surface area (Å²) < 4.78 is 12.8. The number of aliphatic hydroxyl groups is 1. The molecule has 1 heterocycles. The first kappa shape index (κ1) is 16.1. The van der Waals surface area contributed by atoms with Crippen molar-refractivity contribution in [2.45, 2.75) is 56.7 Å². The number of carbonyl (C=O) groups is 2. The predicted octanol–water partition coefficient (Wildman–Crippen LogP) is 1.16. The summed E-state index contributed by atoms with van der Waals surface area (Å²) in [4.78, 5) is 26.1. The number of hydrogen-bond donors (Lipinski definition) is 2. The molecule has 23 heavy (non-hydrogen) atoms. The maximum Gasteiger partial charge on any atom is 0.289 e. The van der Waals surface area contributed by atoms with Crippen LogP contribution in [-0.2, 0) is 16.1 Å². The molecular weight excluding hydrogens is 299 g/mol. The molecule has 2 N–H and O–H groups in total. The summed E-state index contributed by atoms with van der Waals surface area (Å²) in [6.07, 6.45) is -0.127. The Kier molecular flexibility index (Phi) is 4.73. The zero-order chi connectivity index (χ0) is 16.4. The van der Waals surface area contributed by atoms with Crippen molar-refractivity contribution in [3.8, 4) is 0 Å². The van der Waals surface area contributed by atoms with Gasteiger partial charge in [0.1, 0.15) is 12.4 Å². The van der Waals surface area contributed by atoms with Gasteiger partial charge in [-0.15, -0.1) is 0 Å². The van der Waals surface area contributed by atoms with Gasteiger partial charge in [0, 0.05) is 12.6 Å². The summed E-state index contributed by atoms with van der Waals surface area (Å²) in [5, 5.41) is 12.7. The molecule has 1 saturated carbocycles. The first-order chi connectivity index (χ1) is 11.0. The van der Waals surface area contributed by atoms with Crippen LogP contribution in [-0.4, -0.2) is 46.2 Å². The van der Waals surface area contributed by atoms with Crippen LogP contribution in [0.4, 0.5) is 4.39 Å². The third kappa shape index (κ3) is 3.59. The lowest BCUT2D eigenvalue weighted by Gasteiger charge is -2.31. The van der Waals surface area contributed by atoms with Crippen molar-refractivity contribution >= 4 is 11.7 Å². The van der Waals surface area contributed by atoms with Gasteiger partial charge in [-0.3, -0.25) is 14.5 Å². The van der Waals surface area contributed by atoms with E-state index >= 15 is 0 Å². The quantitative estimate of drug-likeness (QED) is 0.799. The monoisotopic (exact) mass is 320 g/mol. The van der Waals surface area contributed by atoms with E-state index in [1.807, 2.05) is 30.3 Å². The number of halogens is 1. The molecule has 3 rings (SSSR count). The lowest BCUT2D eigenvalue weighted by atomic mass is 9.90. The number of hydrogen-bond acceptors (Lipinski definition) is 4. The molecule has 1 aliphatic carbocycles. The second-order valence-electron chi connectivity index (χ2n) is 6.34. The Morgan fingerprint density at radius 3 is 2.57 bits per heavy atom. The normalized spacial score (nSPS) is 30.7. The molecule has 2 aliphatic rings. The smallest absolute Gasteiger partial charge is 0.289 e. The molecule has 1 aromatic carbocycles. The second kappa shape index (κ2) is 6.76. The van der Waals surface area contributed by atoms with Gasteiger partial charge >= 0.3 is 0 Å². The summed E-state index contributed by atoms with van der Waals surface area (Å²) in [5.74, 6) is -1.21. The average Bonchev–Trinajstić information content (AvgIpc) is 2.87. The molecule has 0 aromatic heterocycles. The minimum Gasteiger partial charge on any atom is -0.378 e. The molecule has 124 valence electrons. The average molecular weight is 320 g/mol. The summed E-state index contributed by atoms with van der Waals surface area (Å²) in [6, 6.07) is 8.67. The molecule has 1 amide bonds. The zero-order valence-corrected chi connectivity index (χ0v) is 12.8. The first-order valence-electron chi connectivity index (χ1n) is 8.01. The van der Waals surface area contributed by atoms with E-state index in [1.165, 1.54) is 0 Å². The van der Waals surface area contributed by atoms with Crippen LogP contribution >= 0.6 is 0 Å². The maximum atomic E-state index is 12.8. The molecule has 6 heteroatoms. The van der Waals surface area contributed by atoms with Crippen molar-refractivity contribution in [1.82, 2.24) is 10.2 Å². The molecule has 0 spiro atoms. The number of Topliss-reactive ketones (excluding diaryl/α,β-unsaturated/α-hetero) is 1. The molecule has 0 radical (unpaired) electrons. The van der Waals surface area contributed by atoms with Gasteiger partial charge in [-0.1, -0.05) is 30.3 Å². The van der Waals surface area contributed by atoms with Gasteiger partial charge in [0.2, 0.25) is 5.78 Å². The number of likely N-dealkylation sites (tertiary alicyclic amines) is 1. The van der Waals surface area contributed by atoms with Crippen LogP contribution in [0.2, 0.25) is 0 Å². The zero-order valence-electron chi connectivity index (χ0n) is 12.8. The highest BCUT2D eigenvalue weighted by Crippen LogP contribution is 2.26. The first-order valence-corrected chi connectivity index (χ1v) is 8.01. The van der Waals surface area contributed by atoms with Gasteiger partial charge in [-0.05, 0) is 31.2 Å². The Morgan fingerprint density at radius 2 is 1.91 bits per heavy atom. The molecule has 1 aromatic rings. The van der Waals surface area contributed by atoms with Gasteiger partial charge in [0.15, 0.2) is 0 Å². The van der Waals surface area contributed by atoms with Gasteiger partial charge < -0.3 is 10.4 Å². The Hall–Kier alpha value is -1.79. The van der Waals surface area contributed by atoms with E-state index in [1.54, 1.807) is 4.90 Å². The van der Waals surface area contributed by atoms with Gasteiger partial charge in [-0.25, -0.2) is 4.39 Å². The molecule has 1 saturated heterocycles. The lowest BCUT2D eigenvalue weighted by molar-refractivity contribution is -0.143. The Labute approximate surface area is 134 Å². The van der Waals surface area contributed by atoms with Gasteiger partial charge in [-0.2, -0.15) is 0 Å². The van der Waals surface area contributed by atoms with E-state index in [-0.39, 0.29) is 18.9 Å². The summed E-state index contributed by atoms with van der Waals surface area (Å²) in [7, 11) is 0. The number of nitrogens with zero attached hydrogens (tertiary/aromatic N) is 1. The molecule has 2 fully saturated rings. The van der Waals surface area contributed by atoms with Crippen LogP contribution < -0.4 is 5.32 Å². The van der Waals surface area contributed by atoms with E-state index in [0.717, 1.165) is 5.56 Å². The summed E-state index contributed by atoms with van der Waals surface area (Å²) in [5.41, 5.74) is 0.978. The van der Waals surface area contributed by atoms with Crippen molar-refractivity contribution in [2.75, 3.05) is 0 Å². The van der Waals surface area contributed by atoms with E-state index in [4.69, 9.17) is 0 Å². The molecule has 5 nitrogen and oxygen atoms in total. The number of alkyl halides is 1. The van der Waals surface area contributed by atoms with Crippen molar-refractivity contribution in [3.05, 3.63) is 35.9 Å². The van der Waals surface area contributed by atoms with Crippen LogP contribution in [0.1, 0.15) is 31.2 Å². The fourth-order valence-corrected chi connectivity index (χ4v) is 3.21. The molecule has 2 atom stereocenters. The van der Waals surface area contributed by atoms with Gasteiger partial charge in [0.05, 0.1) is 6.04 Å². The number of nitrogens with one attached hydrogen (secondary N) is 1. The highest BCUT2D eigenvalue weighted by atomic mass is 19.1. The lowest BCUT2D eigenvalue weighted by Crippen LogP contribution is -2.52. The Bertz CT molecular complexity index is 574. The van der Waals surface area contributed by atoms with E-state index < -0.39 is 30.1 Å². The van der Waals surface area contributed by atoms with Crippen molar-refractivity contribution < 1.29 is 19.1 Å². The fraction of sp³-hybridized carbons (Fsp3) is 0.529. The number of aliphatic hydroxyl groups excluding tert-OH is 1. The van der Waals surface area contributed by atoms with Crippen LogP contribution in [0, 0.1) is 0 Å². The minimum absolute atomic E-state index is 0.240. The molecule has 1 aliphatic heterocycles. The number of carbonyl (C=O) groups excluding carboxylic acids is 2. The highest BCUT2D eigenvalue weighted by Gasteiger charge is 2.40. The number of rotatable bonds is 5. The van der Waals surface area contributed by atoms with Crippen molar-refractivity contribution in [2.24, 2.45) is 0 Å². The Morgan fingerprint density at radius 1 is 1.22 bits per heavy atom. The van der Waals surface area contributed by atoms with E-state index in [2.05, 4.69) is 5.32 Å². The third-order valence-corrected chi connectivity index (χ3v) is 4.63. The minimum atomic E-state index is -0.877. The third-order valence-electron chi connectivity index (χ3n) is 4.63. The second-order valence-corrected chi connectivity index (χ2v) is 6.34. The number of benzene rings is 1. The summed E-state index contributed by atoms with van der Waals surface area (Å²) in [6.45, 7) is 0.418. The van der Waals surface area contributed by atoms with Crippen molar-refractivity contribution in [3.63, 3.8) is 0 Å². The van der Waals surface area contributed by atoms with Crippen LogP contribution in [0.5, 0.6) is 0 Å². The van der Waals surface area contributed by atoms with Gasteiger partial charge in [0.25, 0.3) is 5.91 Å². The summed E-state index contributed by atoms with van der Waals surface area (Å²) >= 11 is 0. The SMILES string of the molecule is O=C(NC1CC(F)C1)C(=O)[C@H]1CCC(O)N1Cc1ccccc1. The maximum absolute atomic E-state index is 12.8. The number of amides is 1. The van der Waals surface area contributed by atoms with Crippen molar-refractivity contribution in [1.29, 1.82) is 0 Å².